The average molecular weight is 421 g/mol. The molecule has 0 saturated heterocycles. The molecular formula is C20H19N7O4. The van der Waals surface area contributed by atoms with Crippen LogP contribution < -0.4 is 22.5 Å². The molecule has 0 unspecified atom stereocenters. The maximum absolute atomic E-state index is 13.1. The van der Waals surface area contributed by atoms with Crippen LogP contribution in [0.5, 0.6) is 0 Å². The molecule has 0 aliphatic heterocycles. The molecule has 0 saturated carbocycles. The van der Waals surface area contributed by atoms with Gasteiger partial charge in [0.2, 0.25) is 0 Å². The summed E-state index contributed by atoms with van der Waals surface area (Å²) >= 11 is 0. The first-order valence-corrected chi connectivity index (χ1v) is 9.46. The van der Waals surface area contributed by atoms with Crippen LogP contribution in [0.1, 0.15) is 6.92 Å². The fraction of sp³-hybridized carbons (Fsp3) is 0.200. The molecule has 0 atom stereocenters. The number of rotatable bonds is 4. The minimum absolute atomic E-state index is 0.119. The molecule has 0 aliphatic rings. The molecule has 1 aromatic carbocycles. The minimum Gasteiger partial charge on any atom is -0.322 e. The predicted octanol–water partition coefficient (Wildman–Crippen LogP) is 1.52. The van der Waals surface area contributed by atoms with Gasteiger partial charge in [0.1, 0.15) is 5.52 Å². The summed E-state index contributed by atoms with van der Waals surface area (Å²) in [7, 11) is 2.97. The summed E-state index contributed by atoms with van der Waals surface area (Å²) in [6, 6.07) is 9.28. The van der Waals surface area contributed by atoms with Crippen LogP contribution in [0.4, 0.5) is 11.5 Å². The van der Waals surface area contributed by atoms with Crippen LogP contribution >= 0.6 is 0 Å². The Balaban J connectivity index is 2.14. The lowest BCUT2D eigenvalue weighted by molar-refractivity contribution is 0.713. The number of aromatic nitrogens is 5. The third-order valence-electron chi connectivity index (χ3n) is 5.05. The van der Waals surface area contributed by atoms with Crippen molar-refractivity contribution in [1.29, 1.82) is 0 Å². The first-order valence-electron chi connectivity index (χ1n) is 9.46. The molecule has 11 nitrogen and oxygen atoms in total. The Hall–Kier alpha value is -4.28. The summed E-state index contributed by atoms with van der Waals surface area (Å²) in [6.45, 7) is 2.30. The van der Waals surface area contributed by atoms with Gasteiger partial charge in [0.25, 0.3) is 11.1 Å². The standard InChI is InChI=1S/C20H19N7O4/c1-4-27-14(11-8-6-5-7-9-11)13-15(25(2)20(31)26(3)18(13)29)16(27)24-23-12-10-21-19(30)22-17(12)28/h5-10H,4H2,1-3H3,(H2,21,22,28,30). The fourth-order valence-corrected chi connectivity index (χ4v) is 3.57. The largest absolute Gasteiger partial charge is 0.331 e. The maximum atomic E-state index is 13.1. The van der Waals surface area contributed by atoms with Gasteiger partial charge in [0.15, 0.2) is 11.5 Å². The van der Waals surface area contributed by atoms with Gasteiger partial charge < -0.3 is 9.55 Å². The molecule has 31 heavy (non-hydrogen) atoms. The molecule has 3 aromatic heterocycles. The lowest BCUT2D eigenvalue weighted by Gasteiger charge is -2.08. The zero-order chi connectivity index (χ0) is 22.3. The topological polar surface area (TPSA) is 139 Å². The Morgan fingerprint density at radius 1 is 0.968 bits per heavy atom. The van der Waals surface area contributed by atoms with Gasteiger partial charge >= 0.3 is 11.4 Å². The molecule has 4 rings (SSSR count). The van der Waals surface area contributed by atoms with Crippen LogP contribution in [0, 0.1) is 0 Å². The molecule has 11 heteroatoms. The summed E-state index contributed by atoms with van der Waals surface area (Å²) in [4.78, 5) is 53.4. The second kappa shape index (κ2) is 7.52. The molecule has 4 aromatic rings. The van der Waals surface area contributed by atoms with E-state index in [0.29, 0.717) is 23.1 Å². The molecule has 0 bridgehead atoms. The summed E-state index contributed by atoms with van der Waals surface area (Å²) in [6.07, 6.45) is 1.14. The quantitative estimate of drug-likeness (QED) is 0.482. The first kappa shape index (κ1) is 20.0. The van der Waals surface area contributed by atoms with Gasteiger partial charge in [-0.2, -0.15) is 0 Å². The van der Waals surface area contributed by atoms with Crippen molar-refractivity contribution in [3.8, 4) is 11.3 Å². The van der Waals surface area contributed by atoms with Crippen molar-refractivity contribution in [3.63, 3.8) is 0 Å². The van der Waals surface area contributed by atoms with Crippen LogP contribution in [0.15, 0.2) is 65.9 Å². The Bertz CT molecular complexity index is 1570. The van der Waals surface area contributed by atoms with Gasteiger partial charge in [-0.05, 0) is 12.5 Å². The molecule has 2 N–H and O–H groups in total. The number of H-pyrrole nitrogens is 2. The third-order valence-corrected chi connectivity index (χ3v) is 5.05. The van der Waals surface area contributed by atoms with Crippen LogP contribution in [0.3, 0.4) is 0 Å². The van der Waals surface area contributed by atoms with E-state index < -0.39 is 22.5 Å². The Kier molecular flexibility index (Phi) is 4.85. The Labute approximate surface area is 173 Å². The lowest BCUT2D eigenvalue weighted by atomic mass is 10.1. The number of nitrogens with zero attached hydrogens (tertiary/aromatic N) is 5. The van der Waals surface area contributed by atoms with Crippen LogP contribution in [0.2, 0.25) is 0 Å². The predicted molar refractivity (Wildman–Crippen MR) is 115 cm³/mol. The van der Waals surface area contributed by atoms with E-state index in [-0.39, 0.29) is 11.5 Å². The van der Waals surface area contributed by atoms with Gasteiger partial charge in [-0.1, -0.05) is 30.3 Å². The molecule has 0 aliphatic carbocycles. The normalized spacial score (nSPS) is 11.6. The second-order valence-corrected chi connectivity index (χ2v) is 6.87. The summed E-state index contributed by atoms with van der Waals surface area (Å²) < 4.78 is 4.15. The van der Waals surface area contributed by atoms with Gasteiger partial charge in [0, 0.05) is 26.8 Å². The van der Waals surface area contributed by atoms with E-state index >= 15 is 0 Å². The molecule has 0 radical (unpaired) electrons. The molecule has 158 valence electrons. The number of aromatic amines is 2. The van der Waals surface area contributed by atoms with Gasteiger partial charge in [-0.25, -0.2) is 9.59 Å². The number of benzene rings is 1. The number of hydrogen-bond donors (Lipinski definition) is 2. The van der Waals surface area contributed by atoms with E-state index in [0.717, 1.165) is 16.3 Å². The lowest BCUT2D eigenvalue weighted by Crippen LogP contribution is -2.36. The highest BCUT2D eigenvalue weighted by atomic mass is 16.2. The van der Waals surface area contributed by atoms with Crippen molar-refractivity contribution in [1.82, 2.24) is 23.7 Å². The zero-order valence-corrected chi connectivity index (χ0v) is 17.0. The summed E-state index contributed by atoms with van der Waals surface area (Å²) in [5.41, 5.74) is -0.786. The number of fused-ring (bicyclic) bond motifs is 1. The zero-order valence-electron chi connectivity index (χ0n) is 17.0. The molecule has 0 spiro atoms. The van der Waals surface area contributed by atoms with Crippen LogP contribution in [-0.2, 0) is 20.6 Å². The summed E-state index contributed by atoms with van der Waals surface area (Å²) in [5, 5.41) is 8.52. The van der Waals surface area contributed by atoms with Gasteiger partial charge in [-0.3, -0.25) is 23.7 Å². The van der Waals surface area contributed by atoms with Crippen molar-refractivity contribution < 1.29 is 0 Å². The van der Waals surface area contributed by atoms with Gasteiger partial charge in [0.05, 0.1) is 11.1 Å². The number of aryl methyl sites for hydroxylation is 1. The van der Waals surface area contributed by atoms with Crippen molar-refractivity contribution in [2.45, 2.75) is 13.5 Å². The molecular weight excluding hydrogens is 402 g/mol. The van der Waals surface area contributed by atoms with Gasteiger partial charge in [-0.15, -0.1) is 10.2 Å². The van der Waals surface area contributed by atoms with E-state index in [1.807, 2.05) is 37.3 Å². The molecule has 0 amide bonds. The van der Waals surface area contributed by atoms with E-state index in [9.17, 15) is 19.2 Å². The fourth-order valence-electron chi connectivity index (χ4n) is 3.57. The smallest absolute Gasteiger partial charge is 0.322 e. The highest BCUT2D eigenvalue weighted by Crippen LogP contribution is 2.36. The minimum atomic E-state index is -0.709. The Morgan fingerprint density at radius 2 is 1.68 bits per heavy atom. The molecule has 0 fully saturated rings. The number of nitrogens with one attached hydrogen (secondary N) is 2. The number of azo groups is 1. The average Bonchev–Trinajstić information content (AvgIpc) is 3.10. The monoisotopic (exact) mass is 421 g/mol. The van der Waals surface area contributed by atoms with E-state index in [4.69, 9.17) is 0 Å². The van der Waals surface area contributed by atoms with E-state index in [1.165, 1.54) is 11.6 Å². The SMILES string of the molecule is CCn1c(-c2ccccc2)c2c(=O)n(C)c(=O)n(C)c2c1N=Nc1c[nH]c(=O)[nH]c1=O. The van der Waals surface area contributed by atoms with Crippen LogP contribution in [-0.4, -0.2) is 23.7 Å². The van der Waals surface area contributed by atoms with E-state index in [2.05, 4.69) is 20.2 Å². The van der Waals surface area contributed by atoms with Crippen molar-refractivity contribution in [3.05, 3.63) is 78.2 Å². The highest BCUT2D eigenvalue weighted by molar-refractivity contribution is 6.00. The number of hydrogen-bond acceptors (Lipinski definition) is 6. The van der Waals surface area contributed by atoms with Crippen molar-refractivity contribution in [2.24, 2.45) is 24.3 Å². The summed E-state index contributed by atoms with van der Waals surface area (Å²) in [5.74, 6) is 0.249. The van der Waals surface area contributed by atoms with E-state index in [1.54, 1.807) is 11.6 Å². The van der Waals surface area contributed by atoms with Crippen LogP contribution in [0.25, 0.3) is 22.2 Å². The van der Waals surface area contributed by atoms with Crippen molar-refractivity contribution >= 4 is 22.4 Å². The maximum Gasteiger partial charge on any atom is 0.331 e. The molecule has 3 heterocycles. The van der Waals surface area contributed by atoms with Crippen molar-refractivity contribution in [2.75, 3.05) is 0 Å². The highest BCUT2D eigenvalue weighted by Gasteiger charge is 2.24. The Morgan fingerprint density at radius 3 is 2.32 bits per heavy atom. The first-order chi connectivity index (χ1) is 14.8. The third kappa shape index (κ3) is 3.16. The second-order valence-electron chi connectivity index (χ2n) is 6.87.